The zero-order valence-electron chi connectivity index (χ0n) is 18.8. The summed E-state index contributed by atoms with van der Waals surface area (Å²) >= 11 is 0. The molecule has 0 radical (unpaired) electrons. The van der Waals surface area contributed by atoms with Gasteiger partial charge in [-0.05, 0) is 46.9 Å². The van der Waals surface area contributed by atoms with Gasteiger partial charge in [0, 0.05) is 67.8 Å². The minimum absolute atomic E-state index is 0.194. The third-order valence-corrected chi connectivity index (χ3v) is 6.89. The van der Waals surface area contributed by atoms with E-state index in [0.29, 0.717) is 6.54 Å². The number of carbonyl (C=O) groups is 1. The molecule has 0 atom stereocenters. The molecule has 33 heavy (non-hydrogen) atoms. The van der Waals surface area contributed by atoms with Crippen LogP contribution in [0.5, 0.6) is 0 Å². The highest BCUT2D eigenvalue weighted by Crippen LogP contribution is 2.34. The third-order valence-electron chi connectivity index (χ3n) is 6.89. The number of fused-ring (bicyclic) bond motifs is 2. The fourth-order valence-electron chi connectivity index (χ4n) is 4.88. The van der Waals surface area contributed by atoms with Gasteiger partial charge in [0.25, 0.3) is 0 Å². The molecular formula is C27H27N5O. The number of piperazine rings is 1. The van der Waals surface area contributed by atoms with E-state index in [-0.39, 0.29) is 5.91 Å². The second-order valence-electron chi connectivity index (χ2n) is 9.09. The fourth-order valence-corrected chi connectivity index (χ4v) is 4.88. The molecule has 1 saturated heterocycles. The number of nitrogens with one attached hydrogen (secondary N) is 2. The van der Waals surface area contributed by atoms with Crippen LogP contribution in [0.4, 0.5) is 5.69 Å². The normalized spacial score (nSPS) is 16.3. The van der Waals surface area contributed by atoms with E-state index in [1.807, 2.05) is 13.2 Å². The van der Waals surface area contributed by atoms with Crippen molar-refractivity contribution in [1.29, 1.82) is 0 Å². The number of benzene rings is 2. The summed E-state index contributed by atoms with van der Waals surface area (Å²) < 4.78 is 0. The van der Waals surface area contributed by atoms with Crippen LogP contribution in [0.25, 0.3) is 33.3 Å². The van der Waals surface area contributed by atoms with E-state index in [0.717, 1.165) is 54.8 Å². The molecule has 166 valence electrons. The first-order valence-corrected chi connectivity index (χ1v) is 11.5. The van der Waals surface area contributed by atoms with E-state index in [2.05, 4.69) is 74.9 Å². The fraction of sp³-hybridized carbons (Fsp3) is 0.259. The maximum absolute atomic E-state index is 12.0. The summed E-state index contributed by atoms with van der Waals surface area (Å²) in [6.07, 6.45) is 5.07. The molecule has 0 bridgehead atoms. The van der Waals surface area contributed by atoms with Crippen molar-refractivity contribution in [2.45, 2.75) is 13.0 Å². The minimum atomic E-state index is 0.194. The predicted molar refractivity (Wildman–Crippen MR) is 132 cm³/mol. The maximum Gasteiger partial charge on any atom is 0.236 e. The third kappa shape index (κ3) is 3.76. The van der Waals surface area contributed by atoms with Crippen molar-refractivity contribution < 1.29 is 4.79 Å². The minimum Gasteiger partial charge on any atom is -0.384 e. The van der Waals surface area contributed by atoms with Crippen molar-refractivity contribution >= 4 is 22.6 Å². The highest BCUT2D eigenvalue weighted by molar-refractivity contribution is 5.96. The Bertz CT molecular complexity index is 1340. The van der Waals surface area contributed by atoms with Crippen molar-refractivity contribution in [2.24, 2.45) is 0 Å². The number of H-pyrrole nitrogens is 1. The van der Waals surface area contributed by atoms with E-state index in [1.165, 1.54) is 27.9 Å². The van der Waals surface area contributed by atoms with Crippen LogP contribution in [0.15, 0.2) is 60.9 Å². The van der Waals surface area contributed by atoms with Gasteiger partial charge in [0.15, 0.2) is 0 Å². The number of anilines is 1. The average Bonchev–Trinajstić information content (AvgIpc) is 3.48. The maximum atomic E-state index is 12.0. The number of pyridine rings is 1. The molecule has 0 aliphatic carbocycles. The van der Waals surface area contributed by atoms with Gasteiger partial charge >= 0.3 is 0 Å². The van der Waals surface area contributed by atoms with Crippen LogP contribution in [-0.2, 0) is 17.8 Å². The lowest BCUT2D eigenvalue weighted by atomic mass is 9.99. The molecule has 2 aromatic carbocycles. The van der Waals surface area contributed by atoms with Crippen LogP contribution >= 0.6 is 0 Å². The second-order valence-corrected chi connectivity index (χ2v) is 9.09. The average molecular weight is 438 g/mol. The molecule has 2 N–H and O–H groups in total. The Kier molecular flexibility index (Phi) is 4.88. The zero-order chi connectivity index (χ0) is 22.4. The summed E-state index contributed by atoms with van der Waals surface area (Å²) in [5.74, 6) is 0.194. The van der Waals surface area contributed by atoms with Crippen LogP contribution < -0.4 is 5.32 Å². The number of rotatable bonds is 4. The molecule has 1 fully saturated rings. The molecule has 2 aromatic heterocycles. The summed E-state index contributed by atoms with van der Waals surface area (Å²) in [6, 6.07) is 17.5. The molecule has 2 aliphatic rings. The zero-order valence-corrected chi connectivity index (χ0v) is 18.8. The first-order valence-electron chi connectivity index (χ1n) is 11.5. The largest absolute Gasteiger partial charge is 0.384 e. The van der Waals surface area contributed by atoms with Crippen LogP contribution in [0.3, 0.4) is 0 Å². The lowest BCUT2D eigenvalue weighted by Crippen LogP contribution is -2.47. The first kappa shape index (κ1) is 20.0. The molecule has 2 aliphatic heterocycles. The molecule has 6 nitrogen and oxygen atoms in total. The van der Waals surface area contributed by atoms with Gasteiger partial charge in [-0.2, -0.15) is 0 Å². The van der Waals surface area contributed by atoms with Gasteiger partial charge in [-0.25, -0.2) is 4.98 Å². The van der Waals surface area contributed by atoms with Gasteiger partial charge in [-0.3, -0.25) is 9.69 Å². The van der Waals surface area contributed by atoms with E-state index >= 15 is 0 Å². The highest BCUT2D eigenvalue weighted by Gasteiger charge is 2.20. The van der Waals surface area contributed by atoms with Crippen LogP contribution in [0, 0.1) is 0 Å². The molecule has 0 unspecified atom stereocenters. The molecule has 4 aromatic rings. The Balaban J connectivity index is 1.26. The van der Waals surface area contributed by atoms with Crippen molar-refractivity contribution in [3.63, 3.8) is 0 Å². The van der Waals surface area contributed by atoms with Gasteiger partial charge in [-0.1, -0.05) is 30.3 Å². The Hall–Kier alpha value is -3.64. The molecule has 0 saturated carbocycles. The number of likely N-dealkylation sites (N-methyl/N-ethyl adjacent to an activating group) is 1. The summed E-state index contributed by atoms with van der Waals surface area (Å²) in [5.41, 5.74) is 9.41. The van der Waals surface area contributed by atoms with Gasteiger partial charge in [0.2, 0.25) is 5.91 Å². The van der Waals surface area contributed by atoms with E-state index in [9.17, 15) is 4.79 Å². The summed E-state index contributed by atoms with van der Waals surface area (Å²) in [7, 11) is 1.87. The summed E-state index contributed by atoms with van der Waals surface area (Å²) in [5, 5.41) is 4.57. The van der Waals surface area contributed by atoms with Crippen LogP contribution in [0.1, 0.15) is 11.1 Å². The Labute approximate surface area is 193 Å². The molecule has 6 rings (SSSR count). The van der Waals surface area contributed by atoms with Gasteiger partial charge < -0.3 is 15.2 Å². The SMILES string of the molecule is CN1CCN(Cc2ccc(-c3cnc4[nH]cc(-c5ccc6c(c5)CCN6)c4c3)cc2)CC1=O. The highest BCUT2D eigenvalue weighted by atomic mass is 16.2. The predicted octanol–water partition coefficient (Wildman–Crippen LogP) is 4.14. The summed E-state index contributed by atoms with van der Waals surface area (Å²) in [6.45, 7) is 4.02. The molecule has 4 heterocycles. The number of carbonyl (C=O) groups excluding carboxylic acids is 1. The number of aromatic amines is 1. The van der Waals surface area contributed by atoms with Crippen LogP contribution in [-0.4, -0.2) is 58.9 Å². The lowest BCUT2D eigenvalue weighted by molar-refractivity contribution is -0.134. The Morgan fingerprint density at radius 2 is 1.85 bits per heavy atom. The van der Waals surface area contributed by atoms with E-state index in [4.69, 9.17) is 0 Å². The van der Waals surface area contributed by atoms with Crippen molar-refractivity contribution in [3.8, 4) is 22.3 Å². The number of hydrogen-bond donors (Lipinski definition) is 2. The van der Waals surface area contributed by atoms with E-state index < -0.39 is 0 Å². The van der Waals surface area contributed by atoms with Gasteiger partial charge in [0.1, 0.15) is 5.65 Å². The van der Waals surface area contributed by atoms with Crippen molar-refractivity contribution in [3.05, 3.63) is 72.1 Å². The molecule has 1 amide bonds. The van der Waals surface area contributed by atoms with Crippen molar-refractivity contribution in [1.82, 2.24) is 19.8 Å². The number of aromatic nitrogens is 2. The second kappa shape index (κ2) is 8.05. The number of amides is 1. The summed E-state index contributed by atoms with van der Waals surface area (Å²) in [4.78, 5) is 24.0. The molecule has 6 heteroatoms. The van der Waals surface area contributed by atoms with Crippen LogP contribution in [0.2, 0.25) is 0 Å². The first-order chi connectivity index (χ1) is 16.1. The number of hydrogen-bond acceptors (Lipinski definition) is 4. The monoisotopic (exact) mass is 437 g/mol. The van der Waals surface area contributed by atoms with Crippen molar-refractivity contribution in [2.75, 3.05) is 38.5 Å². The smallest absolute Gasteiger partial charge is 0.236 e. The van der Waals surface area contributed by atoms with Gasteiger partial charge in [-0.15, -0.1) is 0 Å². The Morgan fingerprint density at radius 3 is 2.70 bits per heavy atom. The standard InChI is InChI=1S/C27H27N5O/c1-31-10-11-32(17-26(31)33)16-18-2-4-19(5-3-18)22-13-23-24(15-30-27(23)29-14-22)20-6-7-25-21(12-20)8-9-28-25/h2-7,12-15,28H,8-11,16-17H2,1H3,(H,29,30). The van der Waals surface area contributed by atoms with E-state index in [1.54, 1.807) is 4.90 Å². The Morgan fingerprint density at radius 1 is 1.00 bits per heavy atom. The quantitative estimate of drug-likeness (QED) is 0.504. The topological polar surface area (TPSA) is 64.3 Å². The molecule has 0 spiro atoms. The number of nitrogens with zero attached hydrogens (tertiary/aromatic N) is 3. The lowest BCUT2D eigenvalue weighted by Gasteiger charge is -2.31. The molecular weight excluding hydrogens is 410 g/mol. The van der Waals surface area contributed by atoms with Gasteiger partial charge in [0.05, 0.1) is 6.54 Å².